The molecule has 1 aromatic carbocycles. The number of hydrogen-bond acceptors (Lipinski definition) is 4. The Hall–Kier alpha value is -3.12. The minimum Gasteiger partial charge on any atom is -0.358 e. The number of rotatable bonds is 7. The van der Waals surface area contributed by atoms with E-state index in [0.717, 1.165) is 61.3 Å². The first-order valence-corrected chi connectivity index (χ1v) is 11.5. The normalized spacial score (nSPS) is 21.4. The van der Waals surface area contributed by atoms with Gasteiger partial charge in [-0.05, 0) is 61.6 Å². The second-order valence-electron chi connectivity index (χ2n) is 8.59. The molecule has 32 heavy (non-hydrogen) atoms. The summed E-state index contributed by atoms with van der Waals surface area (Å²) in [5, 5.41) is 3.52. The monoisotopic (exact) mass is 431 g/mol. The molecule has 1 fully saturated rings. The largest absolute Gasteiger partial charge is 0.358 e. The highest BCUT2D eigenvalue weighted by Gasteiger charge is 2.30. The van der Waals surface area contributed by atoms with Crippen molar-refractivity contribution in [1.82, 2.24) is 20.2 Å². The summed E-state index contributed by atoms with van der Waals surface area (Å²) >= 11 is 0. The third-order valence-electron chi connectivity index (χ3n) is 6.68. The molecular weight excluding hydrogens is 398 g/mol. The topological polar surface area (TPSA) is 87.0 Å². The molecule has 2 aromatic rings. The Morgan fingerprint density at radius 3 is 2.78 bits per heavy atom. The smallest absolute Gasteiger partial charge is 0.236 e. The number of carbonyl (C=O) groups excluding carboxylic acids is 1. The molecule has 0 saturated carbocycles. The molecule has 4 N–H and O–H groups in total. The van der Waals surface area contributed by atoms with Crippen LogP contribution in [0.2, 0.25) is 0 Å². The van der Waals surface area contributed by atoms with E-state index < -0.39 is 0 Å². The summed E-state index contributed by atoms with van der Waals surface area (Å²) in [7, 11) is 0. The summed E-state index contributed by atoms with van der Waals surface area (Å²) in [6.07, 6.45) is 13.1. The van der Waals surface area contributed by atoms with Crippen LogP contribution < -0.4 is 11.1 Å². The number of hydrogen-bond donors (Lipinski definition) is 3. The number of H-pyrrole nitrogens is 1. The fraction of sp³-hybridized carbons (Fsp3) is 0.385. The first-order valence-electron chi connectivity index (χ1n) is 11.5. The lowest BCUT2D eigenvalue weighted by molar-refractivity contribution is -0.129. The molecule has 1 aliphatic heterocycles. The Morgan fingerprint density at radius 2 is 2.16 bits per heavy atom. The lowest BCUT2D eigenvalue weighted by Crippen LogP contribution is -2.42. The van der Waals surface area contributed by atoms with Crippen molar-refractivity contribution in [2.75, 3.05) is 13.1 Å². The Morgan fingerprint density at radius 1 is 1.34 bits per heavy atom. The SMILES string of the molecule is C=C(N/C(=C\C)C1=CCC(c2ccc(-c3cnc[nH]3)cc2)CC1)[C@@H]1CCCN1C(=O)CN. The number of nitrogens with zero attached hydrogens (tertiary/aromatic N) is 2. The summed E-state index contributed by atoms with van der Waals surface area (Å²) in [5.41, 5.74) is 12.5. The minimum atomic E-state index is -0.00394. The first-order chi connectivity index (χ1) is 15.6. The zero-order valence-corrected chi connectivity index (χ0v) is 18.8. The number of aromatic nitrogens is 2. The molecule has 0 radical (unpaired) electrons. The number of imidazole rings is 1. The van der Waals surface area contributed by atoms with Gasteiger partial charge in [0.1, 0.15) is 0 Å². The van der Waals surface area contributed by atoms with E-state index in [0.29, 0.717) is 5.92 Å². The molecule has 2 aliphatic rings. The fourth-order valence-corrected chi connectivity index (χ4v) is 4.87. The van der Waals surface area contributed by atoms with Crippen molar-refractivity contribution in [3.63, 3.8) is 0 Å². The van der Waals surface area contributed by atoms with E-state index in [1.54, 1.807) is 6.33 Å². The number of benzene rings is 1. The van der Waals surface area contributed by atoms with Gasteiger partial charge >= 0.3 is 0 Å². The Labute approximate surface area is 190 Å². The molecule has 1 amide bonds. The zero-order valence-electron chi connectivity index (χ0n) is 18.8. The molecule has 6 nitrogen and oxygen atoms in total. The number of nitrogens with two attached hydrogens (primary N) is 1. The van der Waals surface area contributed by atoms with Crippen molar-refractivity contribution in [2.24, 2.45) is 5.73 Å². The van der Waals surface area contributed by atoms with E-state index in [-0.39, 0.29) is 18.5 Å². The predicted molar refractivity (Wildman–Crippen MR) is 129 cm³/mol. The highest BCUT2D eigenvalue weighted by Crippen LogP contribution is 2.35. The maximum absolute atomic E-state index is 12.1. The summed E-state index contributed by atoms with van der Waals surface area (Å²) in [6, 6.07) is 8.83. The van der Waals surface area contributed by atoms with Crippen LogP contribution in [-0.4, -0.2) is 39.9 Å². The van der Waals surface area contributed by atoms with Crippen molar-refractivity contribution in [2.45, 2.75) is 51.0 Å². The van der Waals surface area contributed by atoms with Gasteiger partial charge in [0.2, 0.25) is 5.91 Å². The van der Waals surface area contributed by atoms with Crippen LogP contribution in [0.1, 0.15) is 50.5 Å². The Kier molecular flexibility index (Phi) is 6.90. The van der Waals surface area contributed by atoms with Crippen molar-refractivity contribution < 1.29 is 4.79 Å². The van der Waals surface area contributed by atoms with Crippen molar-refractivity contribution in [1.29, 1.82) is 0 Å². The molecule has 4 rings (SSSR count). The molecule has 2 heterocycles. The van der Waals surface area contributed by atoms with Gasteiger partial charge in [0.05, 0.1) is 30.8 Å². The van der Waals surface area contributed by atoms with Crippen LogP contribution in [0.4, 0.5) is 0 Å². The van der Waals surface area contributed by atoms with Gasteiger partial charge in [-0.1, -0.05) is 43.0 Å². The van der Waals surface area contributed by atoms with E-state index in [4.69, 9.17) is 5.73 Å². The van der Waals surface area contributed by atoms with Gasteiger partial charge in [0.15, 0.2) is 0 Å². The summed E-state index contributed by atoms with van der Waals surface area (Å²) in [6.45, 7) is 7.12. The maximum atomic E-state index is 12.1. The van der Waals surface area contributed by atoms with E-state index in [1.807, 2.05) is 18.0 Å². The van der Waals surface area contributed by atoms with Crippen LogP contribution in [-0.2, 0) is 4.79 Å². The minimum absolute atomic E-state index is 0.00394. The molecule has 1 unspecified atom stereocenters. The van der Waals surface area contributed by atoms with E-state index >= 15 is 0 Å². The van der Waals surface area contributed by atoms with Gasteiger partial charge in [-0.3, -0.25) is 4.79 Å². The number of likely N-dealkylation sites (tertiary alicyclic amines) is 1. The van der Waals surface area contributed by atoms with E-state index in [9.17, 15) is 4.79 Å². The molecule has 0 spiro atoms. The number of amides is 1. The standard InChI is InChI=1S/C26H33N5O/c1-3-23(30-18(2)25-5-4-14-31(25)26(32)15-27)21-10-6-19(7-11-21)20-8-12-22(13-9-20)24-16-28-17-29-24/h3,8-10,12-13,16-17,19,25,30H,2,4-7,11,14-15,27H2,1H3,(H,28,29)/b23-3-/t19?,25-/m0/s1. The molecule has 168 valence electrons. The predicted octanol–water partition coefficient (Wildman–Crippen LogP) is 4.23. The van der Waals surface area contributed by atoms with Crippen LogP contribution in [0, 0.1) is 0 Å². The molecule has 0 bridgehead atoms. The number of nitrogens with one attached hydrogen (secondary N) is 2. The van der Waals surface area contributed by atoms with Crippen LogP contribution in [0.25, 0.3) is 11.3 Å². The van der Waals surface area contributed by atoms with Gasteiger partial charge in [0.25, 0.3) is 0 Å². The number of allylic oxidation sites excluding steroid dienone is 3. The fourth-order valence-electron chi connectivity index (χ4n) is 4.87. The molecule has 6 heteroatoms. The number of carbonyl (C=O) groups is 1. The summed E-state index contributed by atoms with van der Waals surface area (Å²) < 4.78 is 0. The van der Waals surface area contributed by atoms with Crippen LogP contribution >= 0.6 is 0 Å². The Balaban J connectivity index is 1.38. The average molecular weight is 432 g/mol. The van der Waals surface area contributed by atoms with Crippen LogP contribution in [0.15, 0.2) is 72.5 Å². The number of aromatic amines is 1. The average Bonchev–Trinajstić information content (AvgIpc) is 3.55. The van der Waals surface area contributed by atoms with Gasteiger partial charge in [0, 0.05) is 17.9 Å². The quantitative estimate of drug-likeness (QED) is 0.612. The van der Waals surface area contributed by atoms with E-state index in [2.05, 4.69) is 58.3 Å². The zero-order chi connectivity index (χ0) is 22.5. The Bertz CT molecular complexity index is 1000. The lowest BCUT2D eigenvalue weighted by atomic mass is 9.83. The lowest BCUT2D eigenvalue weighted by Gasteiger charge is -2.29. The molecule has 2 atom stereocenters. The molecule has 1 aromatic heterocycles. The summed E-state index contributed by atoms with van der Waals surface area (Å²) in [5.74, 6) is 0.527. The van der Waals surface area contributed by atoms with Gasteiger partial charge < -0.3 is 20.9 Å². The van der Waals surface area contributed by atoms with E-state index in [1.165, 1.54) is 11.1 Å². The first kappa shape index (κ1) is 22.1. The highest BCUT2D eigenvalue weighted by atomic mass is 16.2. The summed E-state index contributed by atoms with van der Waals surface area (Å²) in [4.78, 5) is 21.3. The highest BCUT2D eigenvalue weighted by molar-refractivity contribution is 5.79. The van der Waals surface area contributed by atoms with Crippen molar-refractivity contribution in [3.05, 3.63) is 78.1 Å². The third kappa shape index (κ3) is 4.70. The molecule has 1 aliphatic carbocycles. The van der Waals surface area contributed by atoms with Gasteiger partial charge in [-0.15, -0.1) is 0 Å². The third-order valence-corrected chi connectivity index (χ3v) is 6.68. The molecule has 1 saturated heterocycles. The van der Waals surface area contributed by atoms with Crippen LogP contribution in [0.3, 0.4) is 0 Å². The van der Waals surface area contributed by atoms with Crippen molar-refractivity contribution >= 4 is 5.91 Å². The second kappa shape index (κ2) is 10.0. The molecular formula is C26H33N5O. The second-order valence-corrected chi connectivity index (χ2v) is 8.59. The van der Waals surface area contributed by atoms with Gasteiger partial charge in [-0.25, -0.2) is 4.98 Å². The van der Waals surface area contributed by atoms with Crippen molar-refractivity contribution in [3.8, 4) is 11.3 Å². The maximum Gasteiger partial charge on any atom is 0.236 e. The van der Waals surface area contributed by atoms with Gasteiger partial charge in [-0.2, -0.15) is 0 Å². The van der Waals surface area contributed by atoms with Crippen LogP contribution in [0.5, 0.6) is 0 Å².